The summed E-state index contributed by atoms with van der Waals surface area (Å²) in [5.74, 6) is 1.85. The summed E-state index contributed by atoms with van der Waals surface area (Å²) in [5, 5.41) is 2.82. The van der Waals surface area contributed by atoms with Gasteiger partial charge in [0, 0.05) is 0 Å². The van der Waals surface area contributed by atoms with Gasteiger partial charge in [-0.25, -0.2) is 0 Å². The summed E-state index contributed by atoms with van der Waals surface area (Å²) >= 11 is 1.66. The molecule has 4 nitrogen and oxygen atoms in total. The van der Waals surface area contributed by atoms with Gasteiger partial charge in [0.25, 0.3) is 5.91 Å². The van der Waals surface area contributed by atoms with Gasteiger partial charge in [0.15, 0.2) is 5.76 Å². The molecule has 15 heavy (non-hydrogen) atoms. The maximum atomic E-state index is 11.6. The number of ether oxygens (including phenoxy) is 1. The Morgan fingerprint density at radius 2 is 2.40 bits per heavy atom. The van der Waals surface area contributed by atoms with Crippen LogP contribution < -0.4 is 5.32 Å². The van der Waals surface area contributed by atoms with Crippen molar-refractivity contribution < 1.29 is 13.9 Å². The lowest BCUT2D eigenvalue weighted by Gasteiger charge is -2.26. The number of nitrogens with one attached hydrogen (secondary N) is 1. The Bertz CT molecular complexity index is 346. The van der Waals surface area contributed by atoms with Gasteiger partial charge in [0.2, 0.25) is 0 Å². The van der Waals surface area contributed by atoms with E-state index in [0.717, 1.165) is 11.5 Å². The first kappa shape index (κ1) is 10.6. The number of thioether (sulfide) groups is 1. The molecule has 0 saturated carbocycles. The third-order valence-electron chi connectivity index (χ3n) is 2.15. The Hall–Kier alpha value is -0.940. The molecule has 0 unspecified atom stereocenters. The molecule has 1 aromatic heterocycles. The first-order valence-corrected chi connectivity index (χ1v) is 6.15. The largest absolute Gasteiger partial charge is 0.455 e. The van der Waals surface area contributed by atoms with Crippen molar-refractivity contribution in [2.24, 2.45) is 0 Å². The quantitative estimate of drug-likeness (QED) is 0.841. The second-order valence-electron chi connectivity index (χ2n) is 3.41. The van der Waals surface area contributed by atoms with Crippen LogP contribution in [-0.2, 0) is 10.5 Å². The lowest BCUT2D eigenvalue weighted by Crippen LogP contribution is -2.48. The van der Waals surface area contributed by atoms with Crippen molar-refractivity contribution in [3.63, 3.8) is 0 Å². The van der Waals surface area contributed by atoms with Crippen LogP contribution in [0, 0.1) is 0 Å². The van der Waals surface area contributed by atoms with Gasteiger partial charge >= 0.3 is 0 Å². The second-order valence-corrected chi connectivity index (χ2v) is 4.27. The predicted octanol–water partition coefficient (Wildman–Crippen LogP) is 1.27. The fourth-order valence-corrected chi connectivity index (χ4v) is 1.74. The van der Waals surface area contributed by atoms with Crippen molar-refractivity contribution >= 4 is 17.7 Å². The average molecular weight is 227 g/mol. The molecule has 0 radical (unpaired) electrons. The van der Waals surface area contributed by atoms with Gasteiger partial charge in [-0.3, -0.25) is 4.79 Å². The summed E-state index contributed by atoms with van der Waals surface area (Å²) in [6, 6.07) is 3.69. The van der Waals surface area contributed by atoms with Crippen LogP contribution in [0.4, 0.5) is 0 Å². The monoisotopic (exact) mass is 227 g/mol. The lowest BCUT2D eigenvalue weighted by atomic mass is 10.2. The molecule has 1 N–H and O–H groups in total. The predicted molar refractivity (Wildman–Crippen MR) is 58.0 cm³/mol. The van der Waals surface area contributed by atoms with E-state index in [4.69, 9.17) is 9.15 Å². The average Bonchev–Trinajstić information content (AvgIpc) is 2.60. The van der Waals surface area contributed by atoms with Crippen molar-refractivity contribution in [1.29, 1.82) is 0 Å². The highest BCUT2D eigenvalue weighted by Crippen LogP contribution is 2.13. The molecule has 82 valence electrons. The first-order chi connectivity index (χ1) is 7.29. The van der Waals surface area contributed by atoms with Crippen LogP contribution in [-0.4, -0.2) is 31.4 Å². The van der Waals surface area contributed by atoms with Gasteiger partial charge in [-0.1, -0.05) is 0 Å². The number of carbonyl (C=O) groups excluding carboxylic acids is 1. The van der Waals surface area contributed by atoms with Crippen LogP contribution in [0.15, 0.2) is 16.5 Å². The Labute approximate surface area is 92.4 Å². The standard InChI is InChI=1S/C10H13NO3S/c1-15-6-8-2-3-9(14-8)10(12)11-7-4-13-5-7/h2-3,7H,4-6H2,1H3,(H,11,12). The summed E-state index contributed by atoms with van der Waals surface area (Å²) in [6.07, 6.45) is 1.99. The number of rotatable bonds is 4. The van der Waals surface area contributed by atoms with E-state index in [2.05, 4.69) is 5.32 Å². The summed E-state index contributed by atoms with van der Waals surface area (Å²) in [5.41, 5.74) is 0. The number of amides is 1. The molecule has 0 atom stereocenters. The second kappa shape index (κ2) is 4.72. The van der Waals surface area contributed by atoms with Crippen molar-refractivity contribution in [2.45, 2.75) is 11.8 Å². The van der Waals surface area contributed by atoms with Gasteiger partial charge in [-0.15, -0.1) is 0 Å². The van der Waals surface area contributed by atoms with Crippen molar-refractivity contribution in [3.05, 3.63) is 23.7 Å². The molecule has 0 aliphatic carbocycles. The Kier molecular flexibility index (Phi) is 3.33. The summed E-state index contributed by atoms with van der Waals surface area (Å²) in [7, 11) is 0. The molecule has 0 spiro atoms. The molecule has 2 heterocycles. The summed E-state index contributed by atoms with van der Waals surface area (Å²) < 4.78 is 10.3. The summed E-state index contributed by atoms with van der Waals surface area (Å²) in [4.78, 5) is 11.6. The van der Waals surface area contributed by atoms with E-state index >= 15 is 0 Å². The van der Waals surface area contributed by atoms with Crippen molar-refractivity contribution in [3.8, 4) is 0 Å². The Morgan fingerprint density at radius 3 is 3.00 bits per heavy atom. The summed E-state index contributed by atoms with van der Waals surface area (Å²) in [6.45, 7) is 1.20. The molecule has 1 aliphatic rings. The third kappa shape index (κ3) is 2.54. The Balaban J connectivity index is 1.92. The zero-order valence-electron chi connectivity index (χ0n) is 8.49. The highest BCUT2D eigenvalue weighted by molar-refractivity contribution is 7.97. The minimum atomic E-state index is -0.157. The SMILES string of the molecule is CSCc1ccc(C(=O)NC2COC2)o1. The minimum Gasteiger partial charge on any atom is -0.455 e. The molecule has 1 aromatic rings. The van der Waals surface area contributed by atoms with Crippen LogP contribution >= 0.6 is 11.8 Å². The molecule has 1 amide bonds. The number of hydrogen-bond donors (Lipinski definition) is 1. The maximum Gasteiger partial charge on any atom is 0.287 e. The van der Waals surface area contributed by atoms with Crippen LogP contribution in [0.3, 0.4) is 0 Å². The third-order valence-corrected chi connectivity index (χ3v) is 2.72. The minimum absolute atomic E-state index is 0.145. The molecule has 1 fully saturated rings. The highest BCUT2D eigenvalue weighted by atomic mass is 32.2. The molecule has 0 aromatic carbocycles. The van der Waals surface area contributed by atoms with E-state index in [9.17, 15) is 4.79 Å². The van der Waals surface area contributed by atoms with Crippen LogP contribution in [0.5, 0.6) is 0 Å². The molecular weight excluding hydrogens is 214 g/mol. The van der Waals surface area contributed by atoms with Gasteiger partial charge in [0.1, 0.15) is 5.76 Å². The smallest absolute Gasteiger partial charge is 0.287 e. The van der Waals surface area contributed by atoms with Crippen LogP contribution in [0.25, 0.3) is 0 Å². The van der Waals surface area contributed by atoms with E-state index in [1.807, 2.05) is 12.3 Å². The number of furan rings is 1. The van der Waals surface area contributed by atoms with E-state index < -0.39 is 0 Å². The van der Waals surface area contributed by atoms with Gasteiger partial charge in [0.05, 0.1) is 25.0 Å². The number of carbonyl (C=O) groups is 1. The van der Waals surface area contributed by atoms with Crippen LogP contribution in [0.2, 0.25) is 0 Å². The zero-order chi connectivity index (χ0) is 10.7. The van der Waals surface area contributed by atoms with E-state index in [1.54, 1.807) is 17.8 Å². The van der Waals surface area contributed by atoms with Gasteiger partial charge in [-0.2, -0.15) is 11.8 Å². The highest BCUT2D eigenvalue weighted by Gasteiger charge is 2.22. The van der Waals surface area contributed by atoms with E-state index in [-0.39, 0.29) is 11.9 Å². The zero-order valence-corrected chi connectivity index (χ0v) is 9.30. The molecule has 0 bridgehead atoms. The molecule has 1 aliphatic heterocycles. The van der Waals surface area contributed by atoms with E-state index in [1.165, 1.54) is 0 Å². The fraction of sp³-hybridized carbons (Fsp3) is 0.500. The van der Waals surface area contributed by atoms with Gasteiger partial charge < -0.3 is 14.5 Å². The normalized spacial score (nSPS) is 16.1. The van der Waals surface area contributed by atoms with E-state index in [0.29, 0.717) is 19.0 Å². The van der Waals surface area contributed by atoms with Crippen molar-refractivity contribution in [2.75, 3.05) is 19.5 Å². The topological polar surface area (TPSA) is 51.5 Å². The fourth-order valence-electron chi connectivity index (χ4n) is 1.30. The molecule has 5 heteroatoms. The Morgan fingerprint density at radius 1 is 1.60 bits per heavy atom. The number of hydrogen-bond acceptors (Lipinski definition) is 4. The first-order valence-electron chi connectivity index (χ1n) is 4.76. The molecule has 1 saturated heterocycles. The lowest BCUT2D eigenvalue weighted by molar-refractivity contribution is -0.00391. The molecular formula is C10H13NO3S. The van der Waals surface area contributed by atoms with Gasteiger partial charge in [-0.05, 0) is 18.4 Å². The molecule has 2 rings (SSSR count). The maximum absolute atomic E-state index is 11.6. The van der Waals surface area contributed by atoms with Crippen molar-refractivity contribution in [1.82, 2.24) is 5.32 Å². The van der Waals surface area contributed by atoms with Crippen LogP contribution in [0.1, 0.15) is 16.3 Å².